The first-order chi connectivity index (χ1) is 21.3. The highest BCUT2D eigenvalue weighted by Gasteiger charge is 2.34. The number of rotatable bonds is 5. The third-order valence-corrected chi connectivity index (χ3v) is 11.2. The number of para-hydroxylation sites is 1. The van der Waals surface area contributed by atoms with Gasteiger partial charge in [0.25, 0.3) is 0 Å². The molecule has 0 bridgehead atoms. The molecule has 0 saturated carbocycles. The van der Waals surface area contributed by atoms with Crippen LogP contribution in [0, 0.1) is 0 Å². The molecule has 1 heterocycles. The lowest BCUT2D eigenvalue weighted by molar-refractivity contribution is -0.598. The van der Waals surface area contributed by atoms with Crippen LogP contribution in [-0.4, -0.2) is 0 Å². The molecule has 0 amide bonds. The molecule has 0 fully saturated rings. The van der Waals surface area contributed by atoms with E-state index in [9.17, 15) is 0 Å². The van der Waals surface area contributed by atoms with Crippen LogP contribution in [0.25, 0.3) is 27.9 Å². The topological polar surface area (TPSA) is 3.88 Å². The van der Waals surface area contributed by atoms with Crippen molar-refractivity contribution in [3.05, 3.63) is 92.9 Å². The predicted molar refractivity (Wildman–Crippen MR) is 202 cm³/mol. The molecule has 0 saturated heterocycles. The summed E-state index contributed by atoms with van der Waals surface area (Å²) in [6.45, 7) is 30.5. The van der Waals surface area contributed by atoms with Crippen molar-refractivity contribution in [3.8, 4) is 27.9 Å². The number of fused-ring (bicyclic) bond motifs is 1. The average Bonchev–Trinajstić information content (AvgIpc) is 3.39. The summed E-state index contributed by atoms with van der Waals surface area (Å²) in [5.74, 6) is 0.684. The summed E-state index contributed by atoms with van der Waals surface area (Å²) in [6.07, 6.45) is 6.27. The molecule has 1 aliphatic rings. The summed E-state index contributed by atoms with van der Waals surface area (Å²) in [5.41, 5.74) is 16.4. The molecule has 1 aromatic heterocycles. The van der Waals surface area contributed by atoms with Crippen molar-refractivity contribution in [3.63, 3.8) is 0 Å². The first kappa shape index (κ1) is 37.4. The van der Waals surface area contributed by atoms with Crippen LogP contribution in [0.1, 0.15) is 154 Å². The van der Waals surface area contributed by atoms with E-state index in [1.165, 1.54) is 81.6 Å². The molecule has 254 valence electrons. The van der Waals surface area contributed by atoms with E-state index in [1.807, 2.05) is 11.3 Å². The maximum atomic E-state index is 2.62. The second-order valence-corrected chi connectivity index (χ2v) is 19.0. The number of hydrogen-bond acceptors (Lipinski definition) is 1. The van der Waals surface area contributed by atoms with Gasteiger partial charge in [-0.15, -0.1) is 0 Å². The Bertz CT molecular complexity index is 1550. The Morgan fingerprint density at radius 3 is 1.47 bits per heavy atom. The van der Waals surface area contributed by atoms with Gasteiger partial charge in [-0.1, -0.05) is 150 Å². The zero-order chi connectivity index (χ0) is 33.8. The van der Waals surface area contributed by atoms with E-state index in [1.54, 1.807) is 4.88 Å². The highest BCUT2D eigenvalue weighted by Crippen LogP contribution is 2.43. The molecule has 1 unspecified atom stereocenters. The quantitative estimate of drug-likeness (QED) is 0.186. The van der Waals surface area contributed by atoms with E-state index in [0.29, 0.717) is 5.92 Å². The Morgan fingerprint density at radius 2 is 1.09 bits per heavy atom. The summed E-state index contributed by atoms with van der Waals surface area (Å²) in [6, 6.07) is 21.9. The number of benzene rings is 3. The summed E-state index contributed by atoms with van der Waals surface area (Å²) in [7, 11) is 0. The minimum absolute atomic E-state index is 0. The molecule has 47 heavy (non-hydrogen) atoms. The van der Waals surface area contributed by atoms with E-state index in [0.717, 1.165) is 6.42 Å². The van der Waals surface area contributed by atoms with Crippen molar-refractivity contribution in [1.82, 2.24) is 0 Å². The fourth-order valence-electron chi connectivity index (χ4n) is 6.96. The van der Waals surface area contributed by atoms with Crippen LogP contribution >= 0.6 is 11.3 Å². The van der Waals surface area contributed by atoms with E-state index in [4.69, 9.17) is 0 Å². The Labute approximate surface area is 297 Å². The molecule has 1 aliphatic carbocycles. The zero-order valence-corrected chi connectivity index (χ0v) is 33.2. The van der Waals surface area contributed by atoms with Gasteiger partial charge in [0.05, 0.1) is 16.0 Å². The van der Waals surface area contributed by atoms with Crippen LogP contribution in [0.2, 0.25) is 0 Å². The Hall–Kier alpha value is -2.42. The fraction of sp³-hybridized carbons (Fsp3) is 0.523. The number of hydrogen-bond donors (Lipinski definition) is 0. The summed E-state index contributed by atoms with van der Waals surface area (Å²) >= 11 is 2.00. The summed E-state index contributed by atoms with van der Waals surface area (Å²) < 4.78 is 2.62. The summed E-state index contributed by atoms with van der Waals surface area (Å²) in [5, 5.41) is 0. The Balaban J connectivity index is 0.00000500. The van der Waals surface area contributed by atoms with Crippen molar-refractivity contribution in [2.45, 2.75) is 150 Å². The van der Waals surface area contributed by atoms with Gasteiger partial charge in [-0.05, 0) is 92.4 Å². The van der Waals surface area contributed by atoms with Gasteiger partial charge in [-0.2, -0.15) is 4.57 Å². The van der Waals surface area contributed by atoms with Crippen LogP contribution < -0.4 is 17.0 Å². The third kappa shape index (κ3) is 7.91. The highest BCUT2D eigenvalue weighted by molar-refractivity contribution is 7.09. The van der Waals surface area contributed by atoms with Gasteiger partial charge in [0, 0.05) is 6.42 Å². The molecule has 5 rings (SSSR count). The van der Waals surface area contributed by atoms with E-state index in [2.05, 4.69) is 155 Å². The van der Waals surface area contributed by atoms with Crippen LogP contribution in [-0.2, 0) is 28.1 Å². The Morgan fingerprint density at radius 1 is 0.660 bits per heavy atom. The Kier molecular flexibility index (Phi) is 10.7. The molecular weight excluding hydrogens is 610 g/mol. The smallest absolute Gasteiger partial charge is 0.231 e. The monoisotopic (exact) mass is 669 g/mol. The lowest BCUT2D eigenvalue weighted by Gasteiger charge is -2.27. The molecule has 0 radical (unpaired) electrons. The van der Waals surface area contributed by atoms with Gasteiger partial charge in [-0.25, -0.2) is 0 Å². The van der Waals surface area contributed by atoms with Gasteiger partial charge >= 0.3 is 0 Å². The third-order valence-electron chi connectivity index (χ3n) is 10.1. The minimum atomic E-state index is 0. The van der Waals surface area contributed by atoms with Crippen molar-refractivity contribution < 1.29 is 17.0 Å². The average molecular weight is 670 g/mol. The van der Waals surface area contributed by atoms with E-state index >= 15 is 0 Å². The van der Waals surface area contributed by atoms with Gasteiger partial charge in [0.1, 0.15) is 0 Å². The number of halogens is 1. The minimum Gasteiger partial charge on any atom is -1.00 e. The zero-order valence-electron chi connectivity index (χ0n) is 31.6. The van der Waals surface area contributed by atoms with Crippen LogP contribution in [0.3, 0.4) is 0 Å². The largest absolute Gasteiger partial charge is 1.00 e. The standard InChI is InChI=1S/C44H60NS.ClH/c1-14-17-29-18-15-21-38-40(29)46-28-45(38)39-36(30-22-32(41(2,3)4)26-33(23-30)42(5,6)7)19-16-20-37(39)31-24-34(43(8,9)10)27-35(25-31)44(11,12)13;/h16,19-20,22-29H,14-15,17-18,21H2,1-13H3;1H/q+1;/p-1. The van der Waals surface area contributed by atoms with Gasteiger partial charge in [0.15, 0.2) is 0 Å². The molecule has 3 heteroatoms. The van der Waals surface area contributed by atoms with E-state index in [-0.39, 0.29) is 34.1 Å². The van der Waals surface area contributed by atoms with Crippen molar-refractivity contribution >= 4 is 11.3 Å². The molecular formula is C44H60ClNS. The van der Waals surface area contributed by atoms with Crippen LogP contribution in [0.4, 0.5) is 0 Å². The van der Waals surface area contributed by atoms with Gasteiger partial charge < -0.3 is 12.4 Å². The van der Waals surface area contributed by atoms with Crippen molar-refractivity contribution in [1.29, 1.82) is 0 Å². The van der Waals surface area contributed by atoms with E-state index < -0.39 is 0 Å². The van der Waals surface area contributed by atoms with Gasteiger partial charge in [-0.3, -0.25) is 0 Å². The number of nitrogens with zero attached hydrogens (tertiary/aromatic N) is 1. The maximum Gasteiger partial charge on any atom is 0.231 e. The highest BCUT2D eigenvalue weighted by atomic mass is 35.5. The molecule has 0 aliphatic heterocycles. The van der Waals surface area contributed by atoms with Gasteiger partial charge in [0.2, 0.25) is 16.9 Å². The maximum absolute atomic E-state index is 2.62. The first-order valence-corrected chi connectivity index (χ1v) is 18.6. The normalized spacial score (nSPS) is 15.7. The molecule has 3 aromatic carbocycles. The second-order valence-electron chi connectivity index (χ2n) is 18.1. The molecule has 0 spiro atoms. The first-order valence-electron chi connectivity index (χ1n) is 17.8. The molecule has 1 atom stereocenters. The summed E-state index contributed by atoms with van der Waals surface area (Å²) in [4.78, 5) is 1.62. The number of thiazole rings is 1. The molecule has 0 N–H and O–H groups in total. The molecule has 1 nitrogen and oxygen atoms in total. The van der Waals surface area contributed by atoms with Crippen LogP contribution in [0.15, 0.2) is 60.1 Å². The molecule has 4 aromatic rings. The predicted octanol–water partition coefficient (Wildman–Crippen LogP) is 9.77. The van der Waals surface area contributed by atoms with Crippen molar-refractivity contribution in [2.75, 3.05) is 0 Å². The SMILES string of the molecule is CCCC1CCCc2c1sc[n+]2-c1c(-c2cc(C(C)(C)C)cc(C(C)(C)C)c2)cccc1-c1cc(C(C)(C)C)cc(C(C)(C)C)c1.[Cl-]. The van der Waals surface area contributed by atoms with Crippen LogP contribution in [0.5, 0.6) is 0 Å². The van der Waals surface area contributed by atoms with Crippen molar-refractivity contribution in [2.24, 2.45) is 0 Å². The lowest BCUT2D eigenvalue weighted by Crippen LogP contribution is -3.00. The lowest BCUT2D eigenvalue weighted by atomic mass is 9.77. The fourth-order valence-corrected chi connectivity index (χ4v) is 8.18. The number of aromatic nitrogens is 1. The second kappa shape index (κ2) is 13.5.